The number of amidine groups is 1. The van der Waals surface area contributed by atoms with E-state index in [4.69, 9.17) is 0 Å². The van der Waals surface area contributed by atoms with E-state index in [0.29, 0.717) is 17.3 Å². The van der Waals surface area contributed by atoms with E-state index in [2.05, 4.69) is 17.1 Å². The van der Waals surface area contributed by atoms with Crippen LogP contribution >= 0.6 is 11.8 Å². The van der Waals surface area contributed by atoms with Gasteiger partial charge in [0.15, 0.2) is 5.17 Å². The third-order valence-corrected chi connectivity index (χ3v) is 5.83. The van der Waals surface area contributed by atoms with Gasteiger partial charge in [0.1, 0.15) is 0 Å². The van der Waals surface area contributed by atoms with Crippen molar-refractivity contribution in [3.05, 3.63) is 75.3 Å². The number of benzene rings is 2. The summed E-state index contributed by atoms with van der Waals surface area (Å²) in [6.07, 6.45) is 3.15. The topological polar surface area (TPSA) is 88.2 Å². The van der Waals surface area contributed by atoms with Gasteiger partial charge in [-0.3, -0.25) is 19.8 Å². The Morgan fingerprint density at radius 3 is 2.76 bits per heavy atom. The van der Waals surface area contributed by atoms with Crippen molar-refractivity contribution in [1.29, 1.82) is 0 Å². The summed E-state index contributed by atoms with van der Waals surface area (Å²) in [5, 5.41) is 19.7. The normalized spacial score (nSPS) is 18.1. The van der Waals surface area contributed by atoms with Crippen molar-refractivity contribution in [2.45, 2.75) is 38.5 Å². The van der Waals surface area contributed by atoms with Crippen molar-refractivity contribution < 1.29 is 9.72 Å². The number of amides is 1. The molecule has 0 aliphatic carbocycles. The van der Waals surface area contributed by atoms with Crippen molar-refractivity contribution in [2.75, 3.05) is 0 Å². The summed E-state index contributed by atoms with van der Waals surface area (Å²) in [6.45, 7) is 4.52. The number of hydrogen-bond donors (Lipinski definition) is 0. The summed E-state index contributed by atoms with van der Waals surface area (Å²) >= 11 is 1.42. The molecule has 1 aliphatic rings. The Hall–Kier alpha value is -3.00. The molecule has 1 saturated heterocycles. The van der Waals surface area contributed by atoms with Crippen LogP contribution in [0, 0.1) is 17.0 Å². The number of nitrogens with zero attached hydrogens (tertiary/aromatic N) is 4. The van der Waals surface area contributed by atoms with E-state index >= 15 is 0 Å². The van der Waals surface area contributed by atoms with Gasteiger partial charge in [-0.1, -0.05) is 61.5 Å². The average molecular weight is 410 g/mol. The van der Waals surface area contributed by atoms with Crippen molar-refractivity contribution in [3.8, 4) is 0 Å². The first-order valence-corrected chi connectivity index (χ1v) is 10.3. The third-order valence-electron chi connectivity index (χ3n) is 4.59. The lowest BCUT2D eigenvalue weighted by atomic mass is 10.1. The molecule has 0 bridgehead atoms. The second-order valence-electron chi connectivity index (χ2n) is 6.73. The zero-order chi connectivity index (χ0) is 20.8. The van der Waals surface area contributed by atoms with Gasteiger partial charge >= 0.3 is 0 Å². The Bertz CT molecular complexity index is 974. The molecule has 2 aromatic carbocycles. The summed E-state index contributed by atoms with van der Waals surface area (Å²) < 4.78 is 0. The number of rotatable bonds is 7. The predicted octanol–water partition coefficient (Wildman–Crippen LogP) is 4.54. The van der Waals surface area contributed by atoms with Gasteiger partial charge in [-0.05, 0) is 24.5 Å². The highest BCUT2D eigenvalue weighted by molar-refractivity contribution is 8.15. The smallest absolute Gasteiger partial charge is 0.270 e. The van der Waals surface area contributed by atoms with E-state index in [1.807, 2.05) is 31.2 Å². The van der Waals surface area contributed by atoms with Gasteiger partial charge < -0.3 is 0 Å². The van der Waals surface area contributed by atoms with Crippen LogP contribution in [-0.4, -0.2) is 32.4 Å². The standard InChI is InChI=1S/C21H22N4O3S/c1-3-7-19-20(26)24(14-17-10-5-4-8-15(17)2)21(29-19)23-22-13-16-9-6-11-18(12-16)25(27)28/h4-6,8-13,19H,3,7,14H2,1-2H3/b22-13+,23-21-. The maximum Gasteiger partial charge on any atom is 0.270 e. The number of thioether (sulfide) groups is 1. The molecule has 1 fully saturated rings. The SMILES string of the molecule is CCCC1S/C(=N\N=C\c2cccc([N+](=O)[O-])c2)N(Cc2ccccc2C)C1=O. The number of carbonyl (C=O) groups is 1. The fraction of sp³-hybridized carbons (Fsp3) is 0.286. The van der Waals surface area contributed by atoms with Gasteiger partial charge in [-0.2, -0.15) is 5.10 Å². The maximum atomic E-state index is 12.9. The molecule has 7 nitrogen and oxygen atoms in total. The lowest BCUT2D eigenvalue weighted by Crippen LogP contribution is -2.31. The molecule has 1 heterocycles. The van der Waals surface area contributed by atoms with Crippen LogP contribution in [0.2, 0.25) is 0 Å². The zero-order valence-electron chi connectivity index (χ0n) is 16.3. The first kappa shape index (κ1) is 20.7. The van der Waals surface area contributed by atoms with E-state index in [-0.39, 0.29) is 16.8 Å². The van der Waals surface area contributed by atoms with E-state index in [0.717, 1.165) is 24.0 Å². The highest BCUT2D eigenvalue weighted by atomic mass is 32.2. The highest BCUT2D eigenvalue weighted by Crippen LogP contribution is 2.32. The molecular weight excluding hydrogens is 388 g/mol. The molecule has 1 aliphatic heterocycles. The number of nitro benzene ring substituents is 1. The molecule has 29 heavy (non-hydrogen) atoms. The highest BCUT2D eigenvalue weighted by Gasteiger charge is 2.37. The third kappa shape index (κ3) is 5.08. The summed E-state index contributed by atoms with van der Waals surface area (Å²) in [5.41, 5.74) is 2.75. The van der Waals surface area contributed by atoms with E-state index in [9.17, 15) is 14.9 Å². The van der Waals surface area contributed by atoms with E-state index in [1.54, 1.807) is 17.0 Å². The van der Waals surface area contributed by atoms with Gasteiger partial charge in [-0.15, -0.1) is 5.10 Å². The largest absolute Gasteiger partial charge is 0.284 e. The van der Waals surface area contributed by atoms with Crippen LogP contribution in [0.1, 0.15) is 36.5 Å². The molecular formula is C21H22N4O3S. The van der Waals surface area contributed by atoms with Crippen LogP contribution in [0.4, 0.5) is 5.69 Å². The van der Waals surface area contributed by atoms with Crippen LogP contribution < -0.4 is 0 Å². The molecule has 0 spiro atoms. The summed E-state index contributed by atoms with van der Waals surface area (Å²) in [7, 11) is 0. The number of carbonyl (C=O) groups excluding carboxylic acids is 1. The molecule has 0 saturated carbocycles. The molecule has 3 rings (SSSR count). The minimum absolute atomic E-state index is 0.00351. The number of hydrogen-bond acceptors (Lipinski definition) is 6. The van der Waals surface area contributed by atoms with Crippen molar-refractivity contribution in [2.24, 2.45) is 10.2 Å². The maximum absolute atomic E-state index is 12.9. The monoisotopic (exact) mass is 410 g/mol. The zero-order valence-corrected chi connectivity index (χ0v) is 17.1. The molecule has 0 N–H and O–H groups in total. The second-order valence-corrected chi connectivity index (χ2v) is 7.90. The minimum atomic E-state index is -0.450. The predicted molar refractivity (Wildman–Crippen MR) is 116 cm³/mol. The van der Waals surface area contributed by atoms with Crippen molar-refractivity contribution in [1.82, 2.24) is 4.90 Å². The Kier molecular flexibility index (Phi) is 6.77. The van der Waals surface area contributed by atoms with Crippen molar-refractivity contribution in [3.63, 3.8) is 0 Å². The number of nitro groups is 1. The van der Waals surface area contributed by atoms with Crippen LogP contribution in [0.5, 0.6) is 0 Å². The molecule has 150 valence electrons. The van der Waals surface area contributed by atoms with Gasteiger partial charge in [0.05, 0.1) is 22.9 Å². The lowest BCUT2D eigenvalue weighted by Gasteiger charge is -2.17. The summed E-state index contributed by atoms with van der Waals surface area (Å²) in [5.74, 6) is 0.0457. The Morgan fingerprint density at radius 1 is 1.24 bits per heavy atom. The number of non-ortho nitro benzene ring substituents is 1. The first-order valence-electron chi connectivity index (χ1n) is 9.37. The van der Waals surface area contributed by atoms with Crippen LogP contribution in [0.3, 0.4) is 0 Å². The average Bonchev–Trinajstić information content (AvgIpc) is 2.99. The van der Waals surface area contributed by atoms with Gasteiger partial charge in [0.25, 0.3) is 5.69 Å². The van der Waals surface area contributed by atoms with Crippen LogP contribution in [0.15, 0.2) is 58.7 Å². The lowest BCUT2D eigenvalue weighted by molar-refractivity contribution is -0.384. The van der Waals surface area contributed by atoms with E-state index < -0.39 is 4.92 Å². The Morgan fingerprint density at radius 2 is 2.03 bits per heavy atom. The molecule has 1 unspecified atom stereocenters. The fourth-order valence-corrected chi connectivity index (χ4v) is 4.21. The fourth-order valence-electron chi connectivity index (χ4n) is 3.00. The van der Waals surface area contributed by atoms with Crippen LogP contribution in [0.25, 0.3) is 0 Å². The molecule has 1 atom stereocenters. The number of aryl methyl sites for hydroxylation is 1. The second kappa shape index (κ2) is 9.47. The van der Waals surface area contributed by atoms with Gasteiger partial charge in [0, 0.05) is 17.7 Å². The molecule has 0 radical (unpaired) electrons. The summed E-state index contributed by atoms with van der Waals surface area (Å²) in [4.78, 5) is 25.0. The van der Waals surface area contributed by atoms with Crippen molar-refractivity contribution >= 4 is 34.7 Å². The molecule has 0 aromatic heterocycles. The van der Waals surface area contributed by atoms with Gasteiger partial charge in [-0.25, -0.2) is 0 Å². The quantitative estimate of drug-likeness (QED) is 0.381. The Balaban J connectivity index is 1.83. The molecule has 2 aromatic rings. The summed E-state index contributed by atoms with van der Waals surface area (Å²) in [6, 6.07) is 14.1. The Labute approximate surface area is 173 Å². The molecule has 8 heteroatoms. The van der Waals surface area contributed by atoms with Crippen LogP contribution in [-0.2, 0) is 11.3 Å². The molecule has 1 amide bonds. The first-order chi connectivity index (χ1) is 14.0. The van der Waals surface area contributed by atoms with E-state index in [1.165, 1.54) is 30.1 Å². The van der Waals surface area contributed by atoms with Gasteiger partial charge in [0.2, 0.25) is 5.91 Å². The minimum Gasteiger partial charge on any atom is -0.284 e.